The summed E-state index contributed by atoms with van der Waals surface area (Å²) in [4.78, 5) is 22.2. The van der Waals surface area contributed by atoms with Gasteiger partial charge in [-0.3, -0.25) is 0 Å². The molecule has 88 valence electrons. The van der Waals surface area contributed by atoms with E-state index >= 15 is 0 Å². The number of ketones is 1. The molecule has 5 heteroatoms. The SMILES string of the molecule is O=C(O)CCC(=O)c1[se]c2ccccc2c1O. The summed E-state index contributed by atoms with van der Waals surface area (Å²) in [6, 6.07) is 7.31. The second-order valence-corrected chi connectivity index (χ2v) is 5.80. The van der Waals surface area contributed by atoms with Crippen LogP contribution in [0.15, 0.2) is 24.3 Å². The van der Waals surface area contributed by atoms with E-state index < -0.39 is 5.97 Å². The van der Waals surface area contributed by atoms with E-state index in [1.807, 2.05) is 12.1 Å². The average Bonchev–Trinajstić information content (AvgIpc) is 2.64. The zero-order valence-electron chi connectivity index (χ0n) is 8.84. The second-order valence-electron chi connectivity index (χ2n) is 3.59. The van der Waals surface area contributed by atoms with Crippen molar-refractivity contribution in [2.45, 2.75) is 12.8 Å². The van der Waals surface area contributed by atoms with Crippen molar-refractivity contribution in [1.82, 2.24) is 0 Å². The van der Waals surface area contributed by atoms with Crippen LogP contribution in [0.1, 0.15) is 22.1 Å². The first-order valence-electron chi connectivity index (χ1n) is 5.05. The summed E-state index contributed by atoms with van der Waals surface area (Å²) >= 11 is -0.212. The Balaban J connectivity index is 2.32. The van der Waals surface area contributed by atoms with Crippen LogP contribution in [-0.4, -0.2) is 36.5 Å². The van der Waals surface area contributed by atoms with Gasteiger partial charge >= 0.3 is 103 Å². The number of aromatic hydroxyl groups is 1. The van der Waals surface area contributed by atoms with Crippen LogP contribution in [0.4, 0.5) is 0 Å². The monoisotopic (exact) mass is 298 g/mol. The third-order valence-corrected chi connectivity index (χ3v) is 4.91. The Bertz CT molecular complexity index is 585. The number of carbonyl (C=O) groups is 2. The van der Waals surface area contributed by atoms with Crippen molar-refractivity contribution in [3.8, 4) is 5.75 Å². The maximum absolute atomic E-state index is 11.8. The van der Waals surface area contributed by atoms with Crippen molar-refractivity contribution in [3.05, 3.63) is 28.7 Å². The van der Waals surface area contributed by atoms with Crippen molar-refractivity contribution in [1.29, 1.82) is 0 Å². The van der Waals surface area contributed by atoms with Crippen molar-refractivity contribution in [3.63, 3.8) is 0 Å². The molecule has 0 aliphatic rings. The van der Waals surface area contributed by atoms with E-state index in [9.17, 15) is 14.7 Å². The molecule has 1 aromatic heterocycles. The molecule has 0 radical (unpaired) electrons. The molecule has 2 N–H and O–H groups in total. The number of carboxylic acids is 1. The van der Waals surface area contributed by atoms with Crippen LogP contribution in [0.2, 0.25) is 0 Å². The summed E-state index contributed by atoms with van der Waals surface area (Å²) in [5.41, 5.74) is 0. The van der Waals surface area contributed by atoms with Gasteiger partial charge in [0.25, 0.3) is 0 Å². The van der Waals surface area contributed by atoms with Gasteiger partial charge in [-0.1, -0.05) is 0 Å². The number of carbonyl (C=O) groups excluding carboxylic acids is 1. The molecule has 0 atom stereocenters. The summed E-state index contributed by atoms with van der Waals surface area (Å²) in [5.74, 6) is -1.24. The summed E-state index contributed by atoms with van der Waals surface area (Å²) in [5, 5.41) is 19.1. The first-order valence-corrected chi connectivity index (χ1v) is 6.76. The molecule has 1 aromatic carbocycles. The normalized spacial score (nSPS) is 10.6. The Morgan fingerprint density at radius 3 is 2.53 bits per heavy atom. The third-order valence-electron chi connectivity index (χ3n) is 2.39. The van der Waals surface area contributed by atoms with E-state index in [-0.39, 0.29) is 38.9 Å². The second kappa shape index (κ2) is 4.73. The quantitative estimate of drug-likeness (QED) is 0.664. The predicted molar refractivity (Wildman–Crippen MR) is 63.8 cm³/mol. The Kier molecular flexibility index (Phi) is 3.31. The maximum atomic E-state index is 11.8. The number of fused-ring (bicyclic) bond motifs is 1. The fraction of sp³-hybridized carbons (Fsp3) is 0.167. The fourth-order valence-corrected chi connectivity index (χ4v) is 3.79. The predicted octanol–water partition coefficient (Wildman–Crippen LogP) is 1.65. The van der Waals surface area contributed by atoms with Crippen LogP contribution in [0.5, 0.6) is 5.75 Å². The third kappa shape index (κ3) is 2.40. The number of carboxylic acid groups (broad SMARTS) is 1. The molecule has 2 rings (SSSR count). The van der Waals surface area contributed by atoms with E-state index in [1.165, 1.54) is 0 Å². The molecule has 17 heavy (non-hydrogen) atoms. The molecule has 0 unspecified atom stereocenters. The Morgan fingerprint density at radius 1 is 1.18 bits per heavy atom. The first kappa shape index (κ1) is 11.9. The minimum absolute atomic E-state index is 0.0241. The van der Waals surface area contributed by atoms with E-state index in [4.69, 9.17) is 5.11 Å². The van der Waals surface area contributed by atoms with Gasteiger partial charge in [-0.15, -0.1) is 0 Å². The molecule has 0 spiro atoms. The molecule has 0 fully saturated rings. The van der Waals surface area contributed by atoms with Crippen LogP contribution in [0.3, 0.4) is 0 Å². The summed E-state index contributed by atoms with van der Waals surface area (Å²) in [7, 11) is 0. The first-order chi connectivity index (χ1) is 8.09. The van der Waals surface area contributed by atoms with Crippen molar-refractivity contribution >= 4 is 35.9 Å². The molecule has 0 saturated carbocycles. The van der Waals surface area contributed by atoms with Crippen molar-refractivity contribution in [2.24, 2.45) is 0 Å². The summed E-state index contributed by atoms with van der Waals surface area (Å²) < 4.78 is 1.36. The molecule has 2 aromatic rings. The van der Waals surface area contributed by atoms with Gasteiger partial charge in [-0.05, 0) is 0 Å². The van der Waals surface area contributed by atoms with Crippen LogP contribution >= 0.6 is 0 Å². The summed E-state index contributed by atoms with van der Waals surface area (Å²) in [6.07, 6.45) is -0.244. The van der Waals surface area contributed by atoms with Gasteiger partial charge < -0.3 is 0 Å². The molecule has 0 bridgehead atoms. The number of hydrogen-bond acceptors (Lipinski definition) is 3. The number of benzene rings is 1. The number of aliphatic carboxylic acids is 1. The zero-order chi connectivity index (χ0) is 12.4. The summed E-state index contributed by atoms with van der Waals surface area (Å²) in [6.45, 7) is 0. The van der Waals surface area contributed by atoms with Crippen LogP contribution in [-0.2, 0) is 4.79 Å². The van der Waals surface area contributed by atoms with Gasteiger partial charge in [0, 0.05) is 0 Å². The molecule has 0 aliphatic carbocycles. The number of Topliss-reactive ketones (excluding diaryl/α,β-unsaturated/α-hetero) is 1. The Morgan fingerprint density at radius 2 is 1.88 bits per heavy atom. The van der Waals surface area contributed by atoms with Gasteiger partial charge in [0.1, 0.15) is 0 Å². The van der Waals surface area contributed by atoms with Crippen LogP contribution in [0, 0.1) is 0 Å². The van der Waals surface area contributed by atoms with Gasteiger partial charge in [-0.2, -0.15) is 0 Å². The van der Waals surface area contributed by atoms with Crippen molar-refractivity contribution in [2.75, 3.05) is 0 Å². The molecule has 4 nitrogen and oxygen atoms in total. The molecule has 0 saturated heterocycles. The Labute approximate surface area is 103 Å². The fourth-order valence-electron chi connectivity index (χ4n) is 1.55. The van der Waals surface area contributed by atoms with Crippen LogP contribution < -0.4 is 0 Å². The van der Waals surface area contributed by atoms with Gasteiger partial charge in [0.05, 0.1) is 0 Å². The van der Waals surface area contributed by atoms with Gasteiger partial charge in [0.2, 0.25) is 0 Å². The standard InChI is InChI=1S/C12H10O4Se/c13-8(5-6-10(14)15)12-11(16)7-3-1-2-4-9(7)17-12/h1-4,16H,5-6H2,(H,14,15). The zero-order valence-corrected chi connectivity index (χ0v) is 10.6. The Hall–Kier alpha value is -1.58. The van der Waals surface area contributed by atoms with E-state index in [0.29, 0.717) is 9.82 Å². The topological polar surface area (TPSA) is 74.6 Å². The number of hydrogen-bond donors (Lipinski definition) is 2. The van der Waals surface area contributed by atoms with E-state index in [0.717, 1.165) is 4.26 Å². The van der Waals surface area contributed by atoms with Crippen molar-refractivity contribution < 1.29 is 19.8 Å². The van der Waals surface area contributed by atoms with Gasteiger partial charge in [-0.25, -0.2) is 0 Å². The molecule has 0 amide bonds. The minimum atomic E-state index is -0.999. The van der Waals surface area contributed by atoms with E-state index in [2.05, 4.69) is 0 Å². The average molecular weight is 297 g/mol. The number of rotatable bonds is 4. The molecular weight excluding hydrogens is 287 g/mol. The molecular formula is C12H10O4Se. The van der Waals surface area contributed by atoms with Gasteiger partial charge in [0.15, 0.2) is 0 Å². The van der Waals surface area contributed by atoms with E-state index in [1.54, 1.807) is 12.1 Å². The van der Waals surface area contributed by atoms with Crippen LogP contribution in [0.25, 0.3) is 9.65 Å². The molecule has 0 aliphatic heterocycles. The molecule has 1 heterocycles.